The van der Waals surface area contributed by atoms with Crippen molar-refractivity contribution in [2.45, 2.75) is 13.8 Å². The summed E-state index contributed by atoms with van der Waals surface area (Å²) >= 11 is 0. The number of pyridine rings is 1. The number of rotatable bonds is 2. The van der Waals surface area contributed by atoms with Crippen molar-refractivity contribution in [3.05, 3.63) is 35.7 Å². The Morgan fingerprint density at radius 2 is 2.08 bits per heavy atom. The average Bonchev–Trinajstić information content (AvgIpc) is 2.04. The lowest BCUT2D eigenvalue weighted by Gasteiger charge is -2.16. The fourth-order valence-corrected chi connectivity index (χ4v) is 1.32. The Kier molecular flexibility index (Phi) is 3.07. The first-order valence-corrected chi connectivity index (χ1v) is 4.43. The van der Waals surface area contributed by atoms with Gasteiger partial charge >= 0.3 is 0 Å². The lowest BCUT2D eigenvalue weighted by Crippen LogP contribution is -2.11. The summed E-state index contributed by atoms with van der Waals surface area (Å²) in [5, 5.41) is 0. The van der Waals surface area contributed by atoms with E-state index in [2.05, 4.69) is 16.0 Å². The molecule has 0 aliphatic rings. The fraction of sp³-hybridized carbons (Fsp3) is 0.364. The monoisotopic (exact) mass is 176 g/mol. The summed E-state index contributed by atoms with van der Waals surface area (Å²) in [5.74, 6) is 0. The Balaban J connectivity index is 3.06. The predicted molar refractivity (Wildman–Crippen MR) is 56.3 cm³/mol. The predicted octanol–water partition coefficient (Wildman–Crippen LogP) is 2.31. The molecule has 0 unspecified atom stereocenters. The second-order valence-electron chi connectivity index (χ2n) is 3.23. The zero-order valence-electron chi connectivity index (χ0n) is 8.70. The normalized spacial score (nSPS) is 11.5. The van der Waals surface area contributed by atoms with Gasteiger partial charge in [-0.15, -0.1) is 0 Å². The summed E-state index contributed by atoms with van der Waals surface area (Å²) in [4.78, 5) is 6.53. The lowest BCUT2D eigenvalue weighted by molar-refractivity contribution is 0.588. The van der Waals surface area contributed by atoms with Gasteiger partial charge in [-0.3, -0.25) is 4.98 Å². The van der Waals surface area contributed by atoms with E-state index in [-0.39, 0.29) is 0 Å². The summed E-state index contributed by atoms with van der Waals surface area (Å²) in [6, 6.07) is 6.07. The summed E-state index contributed by atoms with van der Waals surface area (Å²) in [6.45, 7) is 4.03. The highest BCUT2D eigenvalue weighted by Gasteiger charge is 2.03. The Labute approximate surface area is 79.9 Å². The van der Waals surface area contributed by atoms with E-state index < -0.39 is 0 Å². The molecule has 1 heterocycles. The molecule has 0 atom stereocenters. The number of hydrogen-bond acceptors (Lipinski definition) is 2. The van der Waals surface area contributed by atoms with E-state index in [1.54, 1.807) is 0 Å². The third kappa shape index (κ3) is 2.31. The minimum Gasteiger partial charge on any atom is -0.376 e. The van der Waals surface area contributed by atoms with Gasteiger partial charge in [0, 0.05) is 19.8 Å². The second kappa shape index (κ2) is 4.08. The van der Waals surface area contributed by atoms with Gasteiger partial charge in [0.25, 0.3) is 0 Å². The average molecular weight is 176 g/mol. The molecule has 0 aliphatic heterocycles. The molecule has 0 saturated heterocycles. The number of hydrogen-bond donors (Lipinski definition) is 0. The van der Waals surface area contributed by atoms with Crippen molar-refractivity contribution < 1.29 is 0 Å². The van der Waals surface area contributed by atoms with Crippen LogP contribution in [-0.4, -0.2) is 24.0 Å². The van der Waals surface area contributed by atoms with Crippen LogP contribution in [0.2, 0.25) is 0 Å². The Hall–Kier alpha value is -1.31. The van der Waals surface area contributed by atoms with Gasteiger partial charge in [-0.1, -0.05) is 12.1 Å². The van der Waals surface area contributed by atoms with Crippen LogP contribution >= 0.6 is 0 Å². The molecule has 0 aromatic carbocycles. The van der Waals surface area contributed by atoms with Crippen molar-refractivity contribution in [3.63, 3.8) is 0 Å². The van der Waals surface area contributed by atoms with Gasteiger partial charge in [-0.2, -0.15) is 0 Å². The smallest absolute Gasteiger partial charge is 0.0862 e. The molecule has 0 aliphatic carbocycles. The van der Waals surface area contributed by atoms with Crippen LogP contribution in [0.4, 0.5) is 0 Å². The summed E-state index contributed by atoms with van der Waals surface area (Å²) in [5.41, 5.74) is 3.25. The number of aryl methyl sites for hydroxylation is 1. The van der Waals surface area contributed by atoms with Crippen LogP contribution in [0.3, 0.4) is 0 Å². The third-order valence-corrected chi connectivity index (χ3v) is 1.91. The van der Waals surface area contributed by atoms with Crippen molar-refractivity contribution in [1.82, 2.24) is 9.88 Å². The largest absolute Gasteiger partial charge is 0.376 e. The number of nitrogens with zero attached hydrogens (tertiary/aromatic N) is 2. The SMILES string of the molecule is CC=C(c1cccc(C)n1)N(C)C. The van der Waals surface area contributed by atoms with Crippen LogP contribution in [0.15, 0.2) is 24.3 Å². The summed E-state index contributed by atoms with van der Waals surface area (Å²) in [7, 11) is 4.05. The summed E-state index contributed by atoms with van der Waals surface area (Å²) < 4.78 is 0. The van der Waals surface area contributed by atoms with Crippen LogP contribution in [0, 0.1) is 6.92 Å². The van der Waals surface area contributed by atoms with E-state index in [9.17, 15) is 0 Å². The van der Waals surface area contributed by atoms with E-state index in [1.807, 2.05) is 46.1 Å². The molecule has 2 nitrogen and oxygen atoms in total. The van der Waals surface area contributed by atoms with Gasteiger partial charge < -0.3 is 4.90 Å². The van der Waals surface area contributed by atoms with Crippen LogP contribution in [-0.2, 0) is 0 Å². The minimum atomic E-state index is 1.03. The minimum absolute atomic E-state index is 1.03. The van der Waals surface area contributed by atoms with E-state index in [0.717, 1.165) is 17.1 Å². The van der Waals surface area contributed by atoms with Gasteiger partial charge in [0.05, 0.1) is 11.4 Å². The maximum atomic E-state index is 4.46. The van der Waals surface area contributed by atoms with Crippen LogP contribution in [0.5, 0.6) is 0 Å². The molecule has 0 spiro atoms. The molecule has 2 heteroatoms. The molecule has 0 bridgehead atoms. The molecule has 0 radical (unpaired) electrons. The molecular weight excluding hydrogens is 160 g/mol. The van der Waals surface area contributed by atoms with Crippen molar-refractivity contribution in [3.8, 4) is 0 Å². The van der Waals surface area contributed by atoms with Gasteiger partial charge in [0.1, 0.15) is 0 Å². The maximum absolute atomic E-state index is 4.46. The first-order chi connectivity index (χ1) is 6.15. The standard InChI is InChI=1S/C11H16N2/c1-5-11(13(3)4)10-8-6-7-9(2)12-10/h5-8H,1-4H3. The third-order valence-electron chi connectivity index (χ3n) is 1.91. The molecule has 13 heavy (non-hydrogen) atoms. The molecule has 70 valence electrons. The zero-order valence-corrected chi connectivity index (χ0v) is 8.70. The molecule has 0 saturated carbocycles. The first kappa shape index (κ1) is 9.78. The topological polar surface area (TPSA) is 16.1 Å². The first-order valence-electron chi connectivity index (χ1n) is 4.43. The molecular formula is C11H16N2. The lowest BCUT2D eigenvalue weighted by atomic mass is 10.2. The molecule has 1 aromatic heterocycles. The van der Waals surface area contributed by atoms with Gasteiger partial charge in [-0.05, 0) is 26.0 Å². The van der Waals surface area contributed by atoms with Gasteiger partial charge in [-0.25, -0.2) is 0 Å². The molecule has 0 N–H and O–H groups in total. The van der Waals surface area contributed by atoms with Gasteiger partial charge in [0.2, 0.25) is 0 Å². The van der Waals surface area contributed by atoms with Crippen molar-refractivity contribution in [2.75, 3.05) is 14.1 Å². The molecule has 1 rings (SSSR count). The van der Waals surface area contributed by atoms with Crippen LogP contribution < -0.4 is 0 Å². The van der Waals surface area contributed by atoms with E-state index in [1.165, 1.54) is 0 Å². The van der Waals surface area contributed by atoms with Crippen LogP contribution in [0.1, 0.15) is 18.3 Å². The second-order valence-corrected chi connectivity index (χ2v) is 3.23. The van der Waals surface area contributed by atoms with Crippen molar-refractivity contribution >= 4 is 5.70 Å². The van der Waals surface area contributed by atoms with Crippen molar-refractivity contribution in [2.24, 2.45) is 0 Å². The molecule has 0 amide bonds. The van der Waals surface area contributed by atoms with Gasteiger partial charge in [0.15, 0.2) is 0 Å². The Morgan fingerprint density at radius 3 is 2.54 bits per heavy atom. The van der Waals surface area contributed by atoms with E-state index >= 15 is 0 Å². The molecule has 0 fully saturated rings. The van der Waals surface area contributed by atoms with Crippen molar-refractivity contribution in [1.29, 1.82) is 0 Å². The number of allylic oxidation sites excluding steroid dienone is 1. The summed E-state index contributed by atoms with van der Waals surface area (Å²) in [6.07, 6.45) is 2.07. The van der Waals surface area contributed by atoms with E-state index in [4.69, 9.17) is 0 Å². The Bertz CT molecular complexity index is 314. The zero-order chi connectivity index (χ0) is 9.84. The molecule has 1 aromatic rings. The highest BCUT2D eigenvalue weighted by Crippen LogP contribution is 2.13. The van der Waals surface area contributed by atoms with E-state index in [0.29, 0.717) is 0 Å². The number of aromatic nitrogens is 1. The highest BCUT2D eigenvalue weighted by atomic mass is 15.1. The fourth-order valence-electron chi connectivity index (χ4n) is 1.32. The highest BCUT2D eigenvalue weighted by molar-refractivity contribution is 5.60. The quantitative estimate of drug-likeness (QED) is 0.687. The maximum Gasteiger partial charge on any atom is 0.0862 e. The van der Waals surface area contributed by atoms with Crippen LogP contribution in [0.25, 0.3) is 5.70 Å². The Morgan fingerprint density at radius 1 is 1.38 bits per heavy atom.